The minimum absolute atomic E-state index is 0.0122. The van der Waals surface area contributed by atoms with Crippen molar-refractivity contribution < 1.29 is 9.59 Å². The zero-order chi connectivity index (χ0) is 25.9. The van der Waals surface area contributed by atoms with Gasteiger partial charge in [-0.2, -0.15) is 0 Å². The molecule has 0 heterocycles. The molecule has 0 aliphatic rings. The van der Waals surface area contributed by atoms with Crippen molar-refractivity contribution in [2.75, 3.05) is 5.75 Å². The minimum atomic E-state index is -0.649. The third-order valence-corrected chi connectivity index (χ3v) is 7.40. The first-order chi connectivity index (χ1) is 17.4. The fourth-order valence-electron chi connectivity index (χ4n) is 3.75. The number of halogens is 2. The van der Waals surface area contributed by atoms with Gasteiger partial charge in [0.05, 0.1) is 5.75 Å². The lowest BCUT2D eigenvalue weighted by molar-refractivity contribution is -0.139. The number of carbonyl (C=O) groups is 2. The van der Waals surface area contributed by atoms with Gasteiger partial charge >= 0.3 is 0 Å². The van der Waals surface area contributed by atoms with Crippen LogP contribution in [0, 0.1) is 0 Å². The Kier molecular flexibility index (Phi) is 11.2. The lowest BCUT2D eigenvalue weighted by Crippen LogP contribution is -2.52. The molecule has 0 saturated heterocycles. The largest absolute Gasteiger partial charge is 0.352 e. The summed E-state index contributed by atoms with van der Waals surface area (Å²) in [4.78, 5) is 28.8. The van der Waals surface area contributed by atoms with Crippen LogP contribution in [0.2, 0.25) is 10.0 Å². The number of benzene rings is 3. The smallest absolute Gasteiger partial charge is 0.243 e. The highest BCUT2D eigenvalue weighted by atomic mass is 35.5. The Bertz CT molecular complexity index is 1130. The third kappa shape index (κ3) is 8.88. The summed E-state index contributed by atoms with van der Waals surface area (Å²) < 4.78 is 0. The molecule has 0 fully saturated rings. The molecule has 0 unspecified atom stereocenters. The number of rotatable bonds is 12. The molecule has 190 valence electrons. The van der Waals surface area contributed by atoms with Gasteiger partial charge in [-0.15, -0.1) is 11.8 Å². The summed E-state index contributed by atoms with van der Waals surface area (Å²) in [6.45, 7) is 4.30. The van der Waals surface area contributed by atoms with Gasteiger partial charge in [0.1, 0.15) is 6.04 Å². The van der Waals surface area contributed by atoms with Crippen LogP contribution < -0.4 is 5.32 Å². The highest BCUT2D eigenvalue weighted by Crippen LogP contribution is 2.21. The fourth-order valence-corrected chi connectivity index (χ4v) is 4.96. The number of carbonyl (C=O) groups excluding carboxylic acids is 2. The second-order valence-corrected chi connectivity index (χ2v) is 10.7. The van der Waals surface area contributed by atoms with E-state index in [4.69, 9.17) is 23.2 Å². The van der Waals surface area contributed by atoms with Crippen LogP contribution in [-0.2, 0) is 28.3 Å². The lowest BCUT2D eigenvalue weighted by Gasteiger charge is -2.32. The topological polar surface area (TPSA) is 49.4 Å². The monoisotopic (exact) mass is 542 g/mol. The molecule has 1 N–H and O–H groups in total. The predicted octanol–water partition coefficient (Wildman–Crippen LogP) is 6.78. The second-order valence-electron chi connectivity index (χ2n) is 8.79. The van der Waals surface area contributed by atoms with E-state index in [-0.39, 0.29) is 23.6 Å². The number of nitrogens with zero attached hydrogens (tertiary/aromatic N) is 1. The molecule has 2 amide bonds. The molecule has 4 nitrogen and oxygen atoms in total. The van der Waals surface area contributed by atoms with Gasteiger partial charge in [0.2, 0.25) is 11.8 Å². The van der Waals surface area contributed by atoms with E-state index in [2.05, 4.69) is 5.32 Å². The van der Waals surface area contributed by atoms with E-state index in [9.17, 15) is 9.59 Å². The molecule has 2 atom stereocenters. The van der Waals surface area contributed by atoms with Gasteiger partial charge in [-0.1, -0.05) is 84.7 Å². The Morgan fingerprint density at radius 1 is 0.889 bits per heavy atom. The maximum Gasteiger partial charge on any atom is 0.243 e. The molecule has 3 rings (SSSR count). The molecule has 0 aromatic heterocycles. The summed E-state index contributed by atoms with van der Waals surface area (Å²) in [5, 5.41) is 4.37. The molecule has 0 radical (unpaired) electrons. The van der Waals surface area contributed by atoms with Crippen LogP contribution in [0.1, 0.15) is 37.0 Å². The molecular formula is C29H32Cl2N2O2S. The third-order valence-electron chi connectivity index (χ3n) is 5.92. The Hall–Kier alpha value is -2.47. The van der Waals surface area contributed by atoms with Crippen molar-refractivity contribution in [3.8, 4) is 0 Å². The molecule has 0 aliphatic heterocycles. The van der Waals surface area contributed by atoms with Crippen molar-refractivity contribution in [1.29, 1.82) is 0 Å². The molecule has 0 spiro atoms. The minimum Gasteiger partial charge on any atom is -0.352 e. The van der Waals surface area contributed by atoms with E-state index in [0.717, 1.165) is 23.1 Å². The molecule has 3 aromatic carbocycles. The van der Waals surface area contributed by atoms with E-state index >= 15 is 0 Å². The average Bonchev–Trinajstić information content (AvgIpc) is 2.87. The van der Waals surface area contributed by atoms with E-state index in [0.29, 0.717) is 28.8 Å². The van der Waals surface area contributed by atoms with Gasteiger partial charge in [-0.3, -0.25) is 9.59 Å². The molecule has 3 aromatic rings. The van der Waals surface area contributed by atoms with Crippen LogP contribution in [0.5, 0.6) is 0 Å². The van der Waals surface area contributed by atoms with Crippen molar-refractivity contribution in [1.82, 2.24) is 10.2 Å². The Balaban J connectivity index is 1.85. The number of hydrogen-bond acceptors (Lipinski definition) is 3. The molecular weight excluding hydrogens is 511 g/mol. The van der Waals surface area contributed by atoms with Gasteiger partial charge in [-0.25, -0.2) is 0 Å². The second kappa shape index (κ2) is 14.3. The van der Waals surface area contributed by atoms with Crippen LogP contribution in [0.25, 0.3) is 0 Å². The maximum atomic E-state index is 13.6. The van der Waals surface area contributed by atoms with Gasteiger partial charge in [-0.05, 0) is 54.3 Å². The SMILES string of the molecule is CC[C@@H](C)NC(=O)[C@@H](Cc1ccccc1)N(Cc1cccc(Cl)c1)C(=O)CSCc1ccc(Cl)cc1. The fraction of sp³-hybridized carbons (Fsp3) is 0.310. The van der Waals surface area contributed by atoms with Crippen LogP contribution in [-0.4, -0.2) is 34.6 Å². The zero-order valence-electron chi connectivity index (χ0n) is 20.6. The molecule has 0 saturated carbocycles. The summed E-state index contributed by atoms with van der Waals surface area (Å²) in [6, 6.07) is 24.2. The quantitative estimate of drug-likeness (QED) is 0.274. The first kappa shape index (κ1) is 28.1. The molecule has 0 bridgehead atoms. The number of amides is 2. The summed E-state index contributed by atoms with van der Waals surface area (Å²) in [6.07, 6.45) is 1.24. The van der Waals surface area contributed by atoms with Crippen molar-refractivity contribution in [2.45, 2.75) is 51.1 Å². The molecule has 0 aliphatic carbocycles. The first-order valence-electron chi connectivity index (χ1n) is 12.1. The van der Waals surface area contributed by atoms with Gasteiger partial charge < -0.3 is 10.2 Å². The van der Waals surface area contributed by atoms with E-state index < -0.39 is 6.04 Å². The summed E-state index contributed by atoms with van der Waals surface area (Å²) in [5.41, 5.74) is 2.97. The Morgan fingerprint density at radius 2 is 1.58 bits per heavy atom. The first-order valence-corrected chi connectivity index (χ1v) is 14.0. The zero-order valence-corrected chi connectivity index (χ0v) is 23.0. The number of nitrogens with one attached hydrogen (secondary N) is 1. The summed E-state index contributed by atoms with van der Waals surface area (Å²) in [5.74, 6) is 0.696. The highest BCUT2D eigenvalue weighted by molar-refractivity contribution is 7.99. The van der Waals surface area contributed by atoms with Crippen LogP contribution in [0.4, 0.5) is 0 Å². The van der Waals surface area contributed by atoms with Crippen molar-refractivity contribution in [3.63, 3.8) is 0 Å². The highest BCUT2D eigenvalue weighted by Gasteiger charge is 2.30. The van der Waals surface area contributed by atoms with Gasteiger partial charge in [0, 0.05) is 34.8 Å². The lowest BCUT2D eigenvalue weighted by atomic mass is 10.0. The Labute approximate surface area is 228 Å². The van der Waals surface area contributed by atoms with Crippen LogP contribution >= 0.6 is 35.0 Å². The standard InChI is InChI=1S/C29H32Cl2N2O2S/c1-3-21(2)32-29(35)27(17-22-8-5-4-6-9-22)33(18-24-10-7-11-26(31)16-24)28(34)20-36-19-23-12-14-25(30)15-13-23/h4-16,21,27H,3,17-20H2,1-2H3,(H,32,35)/t21-,27-/m1/s1. The van der Waals surface area contributed by atoms with E-state index in [1.54, 1.807) is 11.0 Å². The van der Waals surface area contributed by atoms with Crippen LogP contribution in [0.3, 0.4) is 0 Å². The number of hydrogen-bond donors (Lipinski definition) is 1. The average molecular weight is 544 g/mol. The summed E-state index contributed by atoms with van der Waals surface area (Å²) in [7, 11) is 0. The predicted molar refractivity (Wildman–Crippen MR) is 151 cm³/mol. The summed E-state index contributed by atoms with van der Waals surface area (Å²) >= 11 is 13.7. The van der Waals surface area contributed by atoms with E-state index in [1.807, 2.05) is 86.6 Å². The van der Waals surface area contributed by atoms with Crippen molar-refractivity contribution in [3.05, 3.63) is 106 Å². The Morgan fingerprint density at radius 3 is 2.25 bits per heavy atom. The molecule has 7 heteroatoms. The van der Waals surface area contributed by atoms with Crippen molar-refractivity contribution >= 4 is 46.8 Å². The van der Waals surface area contributed by atoms with Crippen molar-refractivity contribution in [2.24, 2.45) is 0 Å². The van der Waals surface area contributed by atoms with Gasteiger partial charge in [0.25, 0.3) is 0 Å². The van der Waals surface area contributed by atoms with Crippen LogP contribution in [0.15, 0.2) is 78.9 Å². The number of thioether (sulfide) groups is 1. The van der Waals surface area contributed by atoms with E-state index in [1.165, 1.54) is 11.8 Å². The van der Waals surface area contributed by atoms with Gasteiger partial charge in [0.15, 0.2) is 0 Å². The molecule has 36 heavy (non-hydrogen) atoms. The maximum absolute atomic E-state index is 13.6. The normalized spacial score (nSPS) is 12.6.